The standard InChI is InChI=1S/C9H19N/c1-7(2)8-4-3-5-9(10)6-8/h7-9H,3-6,10H2,1-2H3/t8?,9-/m1/s1. The van der Waals surface area contributed by atoms with E-state index < -0.39 is 0 Å². The average Bonchev–Trinajstić information content (AvgIpc) is 1.88. The first kappa shape index (κ1) is 8.06. The van der Waals surface area contributed by atoms with E-state index in [0.717, 1.165) is 11.8 Å². The predicted molar refractivity (Wildman–Crippen MR) is 44.8 cm³/mol. The summed E-state index contributed by atoms with van der Waals surface area (Å²) in [6.07, 6.45) is 5.27. The molecule has 0 saturated heterocycles. The molecule has 10 heavy (non-hydrogen) atoms. The Morgan fingerprint density at radius 1 is 1.30 bits per heavy atom. The third kappa shape index (κ3) is 1.98. The van der Waals surface area contributed by atoms with Gasteiger partial charge in [-0.1, -0.05) is 26.7 Å². The van der Waals surface area contributed by atoms with Crippen molar-refractivity contribution in [1.82, 2.24) is 0 Å². The van der Waals surface area contributed by atoms with Gasteiger partial charge in [0.2, 0.25) is 0 Å². The van der Waals surface area contributed by atoms with Gasteiger partial charge in [0.25, 0.3) is 0 Å². The molecule has 1 saturated carbocycles. The molecule has 2 atom stereocenters. The van der Waals surface area contributed by atoms with Crippen LogP contribution in [-0.2, 0) is 0 Å². The van der Waals surface area contributed by atoms with E-state index in [2.05, 4.69) is 13.8 Å². The highest BCUT2D eigenvalue weighted by molar-refractivity contribution is 4.76. The number of hydrogen-bond acceptors (Lipinski definition) is 1. The maximum absolute atomic E-state index is 5.86. The Labute approximate surface area is 64.0 Å². The van der Waals surface area contributed by atoms with Gasteiger partial charge in [-0.25, -0.2) is 0 Å². The second-order valence-corrected chi connectivity index (χ2v) is 3.93. The highest BCUT2D eigenvalue weighted by atomic mass is 14.6. The lowest BCUT2D eigenvalue weighted by Crippen LogP contribution is -2.29. The fourth-order valence-electron chi connectivity index (χ4n) is 1.87. The monoisotopic (exact) mass is 141 g/mol. The quantitative estimate of drug-likeness (QED) is 0.595. The zero-order valence-electron chi connectivity index (χ0n) is 7.14. The van der Waals surface area contributed by atoms with E-state index in [1.807, 2.05) is 0 Å². The lowest BCUT2D eigenvalue weighted by Gasteiger charge is -2.29. The van der Waals surface area contributed by atoms with Crippen LogP contribution in [0.3, 0.4) is 0 Å². The molecular weight excluding hydrogens is 122 g/mol. The van der Waals surface area contributed by atoms with Crippen molar-refractivity contribution in [3.63, 3.8) is 0 Å². The van der Waals surface area contributed by atoms with Crippen LogP contribution in [0.4, 0.5) is 0 Å². The summed E-state index contributed by atoms with van der Waals surface area (Å²) in [5.41, 5.74) is 5.86. The fourth-order valence-corrected chi connectivity index (χ4v) is 1.87. The summed E-state index contributed by atoms with van der Waals surface area (Å²) in [6.45, 7) is 4.62. The van der Waals surface area contributed by atoms with Crippen molar-refractivity contribution < 1.29 is 0 Å². The fraction of sp³-hybridized carbons (Fsp3) is 1.00. The van der Waals surface area contributed by atoms with Gasteiger partial charge in [-0.05, 0) is 24.7 Å². The first-order valence-electron chi connectivity index (χ1n) is 4.45. The molecule has 1 aliphatic carbocycles. The van der Waals surface area contributed by atoms with Crippen molar-refractivity contribution in [1.29, 1.82) is 0 Å². The third-order valence-electron chi connectivity index (χ3n) is 2.70. The summed E-state index contributed by atoms with van der Waals surface area (Å²) in [4.78, 5) is 0. The van der Waals surface area contributed by atoms with Crippen molar-refractivity contribution in [3.8, 4) is 0 Å². The third-order valence-corrected chi connectivity index (χ3v) is 2.70. The topological polar surface area (TPSA) is 26.0 Å². The van der Waals surface area contributed by atoms with Crippen molar-refractivity contribution >= 4 is 0 Å². The summed E-state index contributed by atoms with van der Waals surface area (Å²) in [5, 5.41) is 0. The normalized spacial score (nSPS) is 34.8. The van der Waals surface area contributed by atoms with E-state index in [-0.39, 0.29) is 0 Å². The molecule has 1 unspecified atom stereocenters. The molecule has 0 radical (unpaired) electrons. The number of nitrogens with two attached hydrogens (primary N) is 1. The van der Waals surface area contributed by atoms with Gasteiger partial charge in [0.15, 0.2) is 0 Å². The van der Waals surface area contributed by atoms with Crippen LogP contribution in [0.15, 0.2) is 0 Å². The van der Waals surface area contributed by atoms with E-state index in [4.69, 9.17) is 5.73 Å². The van der Waals surface area contributed by atoms with Crippen LogP contribution in [0, 0.1) is 11.8 Å². The molecule has 0 aromatic heterocycles. The van der Waals surface area contributed by atoms with Crippen LogP contribution < -0.4 is 5.73 Å². The second kappa shape index (κ2) is 3.38. The lowest BCUT2D eigenvalue weighted by molar-refractivity contribution is 0.255. The molecular formula is C9H19N. The molecule has 60 valence electrons. The maximum Gasteiger partial charge on any atom is 0.00415 e. The smallest absolute Gasteiger partial charge is 0.00415 e. The van der Waals surface area contributed by atoms with Crippen LogP contribution >= 0.6 is 0 Å². The van der Waals surface area contributed by atoms with Gasteiger partial charge < -0.3 is 5.73 Å². The van der Waals surface area contributed by atoms with Gasteiger partial charge in [-0.3, -0.25) is 0 Å². The molecule has 1 heteroatoms. The Kier molecular flexibility index (Phi) is 2.72. The Morgan fingerprint density at radius 2 is 2.00 bits per heavy atom. The van der Waals surface area contributed by atoms with E-state index in [9.17, 15) is 0 Å². The summed E-state index contributed by atoms with van der Waals surface area (Å²) in [7, 11) is 0. The summed E-state index contributed by atoms with van der Waals surface area (Å²) in [6, 6.07) is 0.501. The Hall–Kier alpha value is -0.0400. The number of hydrogen-bond donors (Lipinski definition) is 1. The van der Waals surface area contributed by atoms with Crippen LogP contribution in [0.1, 0.15) is 39.5 Å². The van der Waals surface area contributed by atoms with Gasteiger partial charge in [0.05, 0.1) is 0 Å². The molecule has 0 aromatic carbocycles. The molecule has 0 spiro atoms. The minimum absolute atomic E-state index is 0.501. The van der Waals surface area contributed by atoms with Crippen molar-refractivity contribution in [2.75, 3.05) is 0 Å². The van der Waals surface area contributed by atoms with E-state index in [1.54, 1.807) is 0 Å². The van der Waals surface area contributed by atoms with Gasteiger partial charge in [-0.15, -0.1) is 0 Å². The van der Waals surface area contributed by atoms with E-state index in [1.165, 1.54) is 25.7 Å². The van der Waals surface area contributed by atoms with Gasteiger partial charge in [-0.2, -0.15) is 0 Å². The molecule has 0 heterocycles. The minimum atomic E-state index is 0.501. The van der Waals surface area contributed by atoms with Crippen molar-refractivity contribution in [2.45, 2.75) is 45.6 Å². The average molecular weight is 141 g/mol. The first-order chi connectivity index (χ1) is 4.70. The molecule has 1 fully saturated rings. The molecule has 2 N–H and O–H groups in total. The van der Waals surface area contributed by atoms with E-state index in [0.29, 0.717) is 6.04 Å². The molecule has 0 aromatic rings. The van der Waals surface area contributed by atoms with Crippen molar-refractivity contribution in [2.24, 2.45) is 17.6 Å². The molecule has 0 amide bonds. The molecule has 1 rings (SSSR count). The van der Waals surface area contributed by atoms with Gasteiger partial charge >= 0.3 is 0 Å². The Morgan fingerprint density at radius 3 is 2.40 bits per heavy atom. The van der Waals surface area contributed by atoms with Gasteiger partial charge in [0, 0.05) is 6.04 Å². The molecule has 1 aliphatic rings. The first-order valence-corrected chi connectivity index (χ1v) is 4.45. The molecule has 1 nitrogen and oxygen atoms in total. The second-order valence-electron chi connectivity index (χ2n) is 3.93. The van der Waals surface area contributed by atoms with Crippen molar-refractivity contribution in [3.05, 3.63) is 0 Å². The SMILES string of the molecule is CC(C)C1CCC[C@@H](N)C1. The van der Waals surface area contributed by atoms with Crippen LogP contribution in [0.2, 0.25) is 0 Å². The summed E-state index contributed by atoms with van der Waals surface area (Å²) < 4.78 is 0. The van der Waals surface area contributed by atoms with Gasteiger partial charge in [0.1, 0.15) is 0 Å². The largest absolute Gasteiger partial charge is 0.328 e. The van der Waals surface area contributed by atoms with Crippen LogP contribution in [-0.4, -0.2) is 6.04 Å². The van der Waals surface area contributed by atoms with Crippen LogP contribution in [0.5, 0.6) is 0 Å². The zero-order chi connectivity index (χ0) is 7.56. The van der Waals surface area contributed by atoms with E-state index >= 15 is 0 Å². The number of rotatable bonds is 1. The van der Waals surface area contributed by atoms with Crippen LogP contribution in [0.25, 0.3) is 0 Å². The lowest BCUT2D eigenvalue weighted by atomic mass is 9.80. The predicted octanol–water partition coefficient (Wildman–Crippen LogP) is 2.16. The summed E-state index contributed by atoms with van der Waals surface area (Å²) in [5.74, 6) is 1.75. The Bertz CT molecular complexity index is 98.9. The highest BCUT2D eigenvalue weighted by Crippen LogP contribution is 2.28. The molecule has 0 aliphatic heterocycles. The Balaban J connectivity index is 2.32. The maximum atomic E-state index is 5.86. The molecule has 0 bridgehead atoms. The zero-order valence-corrected chi connectivity index (χ0v) is 7.14. The summed E-state index contributed by atoms with van der Waals surface area (Å²) >= 11 is 0. The minimum Gasteiger partial charge on any atom is -0.328 e. The highest BCUT2D eigenvalue weighted by Gasteiger charge is 2.21.